The fourth-order valence-electron chi connectivity index (χ4n) is 2.01. The van der Waals surface area contributed by atoms with E-state index < -0.39 is 0 Å². The number of benzene rings is 1. The highest BCUT2D eigenvalue weighted by Crippen LogP contribution is 2.27. The van der Waals surface area contributed by atoms with Crippen LogP contribution in [-0.4, -0.2) is 13.2 Å². The Balaban J connectivity index is 2.77. The lowest BCUT2D eigenvalue weighted by molar-refractivity contribution is 0.240. The van der Waals surface area contributed by atoms with Gasteiger partial charge in [0.05, 0.1) is 6.61 Å². The maximum atomic E-state index is 6.02. The molecule has 0 aliphatic heterocycles. The molecule has 19 heavy (non-hydrogen) atoms. The Morgan fingerprint density at radius 3 is 2.53 bits per heavy atom. The molecule has 1 atom stereocenters. The maximum Gasteiger partial charge on any atom is 0.124 e. The molecule has 0 radical (unpaired) electrons. The van der Waals surface area contributed by atoms with Gasteiger partial charge >= 0.3 is 0 Å². The molecular weight excluding hydrogens is 234 g/mol. The van der Waals surface area contributed by atoms with Crippen molar-refractivity contribution in [2.24, 2.45) is 5.41 Å². The molecule has 0 aliphatic rings. The second-order valence-electron chi connectivity index (χ2n) is 6.48. The van der Waals surface area contributed by atoms with Crippen LogP contribution >= 0.6 is 0 Å². The van der Waals surface area contributed by atoms with Crippen LogP contribution in [0.15, 0.2) is 18.2 Å². The van der Waals surface area contributed by atoms with Gasteiger partial charge in [-0.25, -0.2) is 0 Å². The van der Waals surface area contributed by atoms with Crippen molar-refractivity contribution in [3.8, 4) is 5.75 Å². The first-order valence-electron chi connectivity index (χ1n) is 7.30. The van der Waals surface area contributed by atoms with E-state index in [1.807, 2.05) is 0 Å². The zero-order valence-electron chi connectivity index (χ0n) is 13.3. The van der Waals surface area contributed by atoms with E-state index in [-0.39, 0.29) is 0 Å². The molecule has 0 heterocycles. The molecule has 0 aliphatic carbocycles. The Kier molecular flexibility index (Phi) is 5.86. The van der Waals surface area contributed by atoms with Crippen LogP contribution in [0, 0.1) is 12.3 Å². The Labute approximate surface area is 118 Å². The fraction of sp³-hybridized carbons (Fsp3) is 0.647. The maximum absolute atomic E-state index is 6.02. The predicted octanol–water partition coefficient (Wildman–Crippen LogP) is 4.48. The summed E-state index contributed by atoms with van der Waals surface area (Å²) in [5.41, 5.74) is 2.82. The lowest BCUT2D eigenvalue weighted by Crippen LogP contribution is -2.19. The highest BCUT2D eigenvalue weighted by molar-refractivity contribution is 5.39. The van der Waals surface area contributed by atoms with Gasteiger partial charge in [0.25, 0.3) is 0 Å². The summed E-state index contributed by atoms with van der Waals surface area (Å²) < 4.78 is 6.02. The van der Waals surface area contributed by atoms with E-state index in [9.17, 15) is 0 Å². The highest BCUT2D eigenvalue weighted by Gasteiger charge is 2.13. The van der Waals surface area contributed by atoms with Gasteiger partial charge in [-0.2, -0.15) is 0 Å². The highest BCUT2D eigenvalue weighted by atomic mass is 16.5. The number of nitrogens with one attached hydrogen (secondary N) is 1. The lowest BCUT2D eigenvalue weighted by Gasteiger charge is -2.21. The van der Waals surface area contributed by atoms with Crippen LogP contribution in [0.25, 0.3) is 0 Å². The average molecular weight is 263 g/mol. The lowest BCUT2D eigenvalue weighted by atomic mass is 9.93. The minimum absolute atomic E-state index is 0.317. The van der Waals surface area contributed by atoms with Gasteiger partial charge in [-0.15, -0.1) is 0 Å². The van der Waals surface area contributed by atoms with E-state index in [1.165, 1.54) is 11.1 Å². The van der Waals surface area contributed by atoms with Crippen molar-refractivity contribution in [3.05, 3.63) is 29.3 Å². The summed E-state index contributed by atoms with van der Waals surface area (Å²) in [5, 5.41) is 3.45. The Morgan fingerprint density at radius 2 is 1.95 bits per heavy atom. The van der Waals surface area contributed by atoms with Crippen LogP contribution in [0.3, 0.4) is 0 Å². The Bertz CT molecular complexity index is 393. The second-order valence-corrected chi connectivity index (χ2v) is 6.48. The Hall–Kier alpha value is -1.02. The number of hydrogen-bond donors (Lipinski definition) is 1. The van der Waals surface area contributed by atoms with Gasteiger partial charge < -0.3 is 10.1 Å². The molecule has 1 unspecified atom stereocenters. The summed E-state index contributed by atoms with van der Waals surface area (Å²) in [7, 11) is 0. The van der Waals surface area contributed by atoms with Crippen LogP contribution in [0.5, 0.6) is 5.75 Å². The topological polar surface area (TPSA) is 21.3 Å². The summed E-state index contributed by atoms with van der Waals surface area (Å²) in [6, 6.07) is 6.80. The SMILES string of the molecule is CCNC(C)c1ccc(C)cc1OCCC(C)(C)C. The first-order valence-corrected chi connectivity index (χ1v) is 7.30. The number of aryl methyl sites for hydroxylation is 1. The molecule has 0 fully saturated rings. The molecule has 0 amide bonds. The van der Waals surface area contributed by atoms with Gasteiger partial charge in [-0.1, -0.05) is 39.8 Å². The fourth-order valence-corrected chi connectivity index (χ4v) is 2.01. The molecule has 0 bridgehead atoms. The van der Waals surface area contributed by atoms with Crippen LogP contribution in [-0.2, 0) is 0 Å². The van der Waals surface area contributed by atoms with E-state index >= 15 is 0 Å². The van der Waals surface area contributed by atoms with Crippen LogP contribution in [0.2, 0.25) is 0 Å². The summed E-state index contributed by atoms with van der Waals surface area (Å²) in [6.07, 6.45) is 1.07. The van der Waals surface area contributed by atoms with Gasteiger partial charge in [0.2, 0.25) is 0 Å². The van der Waals surface area contributed by atoms with Crippen LogP contribution < -0.4 is 10.1 Å². The van der Waals surface area contributed by atoms with E-state index in [0.29, 0.717) is 11.5 Å². The Morgan fingerprint density at radius 1 is 1.26 bits per heavy atom. The molecule has 2 nitrogen and oxygen atoms in total. The van der Waals surface area contributed by atoms with Gasteiger partial charge in [-0.3, -0.25) is 0 Å². The molecule has 1 aromatic rings. The van der Waals surface area contributed by atoms with Crippen molar-refractivity contribution in [2.75, 3.05) is 13.2 Å². The van der Waals surface area contributed by atoms with Gasteiger partial charge in [0.1, 0.15) is 5.75 Å². The average Bonchev–Trinajstić information content (AvgIpc) is 2.27. The summed E-state index contributed by atoms with van der Waals surface area (Å²) in [4.78, 5) is 0. The van der Waals surface area contributed by atoms with Gasteiger partial charge in [0, 0.05) is 11.6 Å². The first-order chi connectivity index (χ1) is 8.83. The van der Waals surface area contributed by atoms with E-state index in [0.717, 1.165) is 25.3 Å². The van der Waals surface area contributed by atoms with E-state index in [2.05, 4.69) is 65.1 Å². The molecule has 0 saturated heterocycles. The first kappa shape index (κ1) is 16.0. The normalized spacial score (nSPS) is 13.4. The minimum Gasteiger partial charge on any atom is -0.493 e. The molecular formula is C17H29NO. The third-order valence-electron chi connectivity index (χ3n) is 3.26. The predicted molar refractivity (Wildman–Crippen MR) is 82.8 cm³/mol. The number of ether oxygens (including phenoxy) is 1. The summed E-state index contributed by atoms with van der Waals surface area (Å²) in [5.74, 6) is 1.03. The third kappa shape index (κ3) is 5.65. The van der Waals surface area contributed by atoms with Gasteiger partial charge in [0.15, 0.2) is 0 Å². The zero-order chi connectivity index (χ0) is 14.5. The number of hydrogen-bond acceptors (Lipinski definition) is 2. The number of rotatable bonds is 6. The van der Waals surface area contributed by atoms with Crippen molar-refractivity contribution >= 4 is 0 Å². The van der Waals surface area contributed by atoms with Gasteiger partial charge in [-0.05, 0) is 43.9 Å². The monoisotopic (exact) mass is 263 g/mol. The standard InChI is InChI=1S/C17H29NO/c1-7-18-14(3)15-9-8-13(2)12-16(15)19-11-10-17(4,5)6/h8-9,12,14,18H,7,10-11H2,1-6H3. The molecule has 0 saturated carbocycles. The van der Waals surface area contributed by atoms with E-state index in [1.54, 1.807) is 0 Å². The van der Waals surface area contributed by atoms with Crippen molar-refractivity contribution < 1.29 is 4.74 Å². The third-order valence-corrected chi connectivity index (χ3v) is 3.26. The summed E-state index contributed by atoms with van der Waals surface area (Å²) >= 11 is 0. The molecule has 0 aromatic heterocycles. The molecule has 2 heteroatoms. The minimum atomic E-state index is 0.317. The zero-order valence-corrected chi connectivity index (χ0v) is 13.3. The van der Waals surface area contributed by atoms with Crippen molar-refractivity contribution in [2.45, 2.75) is 54.0 Å². The molecule has 1 aromatic carbocycles. The molecule has 1 rings (SSSR count). The van der Waals surface area contributed by atoms with E-state index in [4.69, 9.17) is 4.74 Å². The molecule has 1 N–H and O–H groups in total. The molecule has 108 valence electrons. The summed E-state index contributed by atoms with van der Waals surface area (Å²) in [6.45, 7) is 14.9. The smallest absolute Gasteiger partial charge is 0.124 e. The second kappa shape index (κ2) is 6.95. The quantitative estimate of drug-likeness (QED) is 0.817. The molecule has 0 spiro atoms. The van der Waals surface area contributed by atoms with Crippen molar-refractivity contribution in [1.29, 1.82) is 0 Å². The van der Waals surface area contributed by atoms with Crippen molar-refractivity contribution in [1.82, 2.24) is 5.32 Å². The van der Waals surface area contributed by atoms with Crippen molar-refractivity contribution in [3.63, 3.8) is 0 Å². The van der Waals surface area contributed by atoms with Crippen LogP contribution in [0.1, 0.15) is 58.2 Å². The largest absolute Gasteiger partial charge is 0.493 e. The van der Waals surface area contributed by atoms with Crippen LogP contribution in [0.4, 0.5) is 0 Å².